The number of aryl methyl sites for hydroxylation is 2. The Balaban J connectivity index is 2.38. The fourth-order valence-corrected chi connectivity index (χ4v) is 2.13. The van der Waals surface area contributed by atoms with Crippen molar-refractivity contribution in [2.45, 2.75) is 20.4 Å². The van der Waals surface area contributed by atoms with Gasteiger partial charge in [-0.3, -0.25) is 4.79 Å². The number of nitrogens with one attached hydrogen (secondary N) is 1. The third kappa shape index (κ3) is 3.22. The Hall–Kier alpha value is -2.34. The Bertz CT molecular complexity index is 649. The highest BCUT2D eigenvalue weighted by Gasteiger charge is 2.17. The van der Waals surface area contributed by atoms with Crippen LogP contribution >= 0.6 is 0 Å². The van der Waals surface area contributed by atoms with E-state index >= 15 is 0 Å². The zero-order chi connectivity index (χ0) is 15.4. The summed E-state index contributed by atoms with van der Waals surface area (Å²) in [5, 5.41) is 7.63. The molecule has 0 radical (unpaired) electrons. The number of nitrogens with two attached hydrogens (primary N) is 1. The largest absolute Gasteiger partial charge is 0.438 e. The Kier molecular flexibility index (Phi) is 4.59. The molecule has 1 aromatic heterocycles. The molecule has 0 aliphatic carbocycles. The molecule has 6 heteroatoms. The predicted octanol–water partition coefficient (Wildman–Crippen LogP) is 1.73. The molecule has 1 amide bonds. The summed E-state index contributed by atoms with van der Waals surface area (Å²) >= 11 is 0. The van der Waals surface area contributed by atoms with Crippen LogP contribution in [0.4, 0.5) is 0 Å². The normalized spacial score (nSPS) is 10.6. The maximum Gasteiger partial charge on any atom is 0.252 e. The van der Waals surface area contributed by atoms with Crippen molar-refractivity contribution in [3.8, 4) is 11.6 Å². The number of amides is 1. The fraction of sp³-hybridized carbons (Fsp3) is 0.333. The number of hydrogen-bond donors (Lipinski definition) is 2. The monoisotopic (exact) mass is 288 g/mol. The molecule has 0 saturated carbocycles. The number of nitrogens with zero attached hydrogens (tertiary/aromatic N) is 2. The molecule has 2 rings (SSSR count). The van der Waals surface area contributed by atoms with E-state index in [1.807, 2.05) is 20.9 Å². The number of ether oxygens (including phenoxy) is 1. The molecule has 0 fully saturated rings. The van der Waals surface area contributed by atoms with E-state index in [-0.39, 0.29) is 0 Å². The average Bonchev–Trinajstić information content (AvgIpc) is 2.71. The van der Waals surface area contributed by atoms with E-state index in [2.05, 4.69) is 10.4 Å². The molecule has 3 N–H and O–H groups in total. The molecule has 0 aliphatic rings. The smallest absolute Gasteiger partial charge is 0.252 e. The molecule has 21 heavy (non-hydrogen) atoms. The topological polar surface area (TPSA) is 82.2 Å². The Morgan fingerprint density at radius 2 is 2.14 bits per heavy atom. The Morgan fingerprint density at radius 1 is 1.43 bits per heavy atom. The fourth-order valence-electron chi connectivity index (χ4n) is 2.13. The van der Waals surface area contributed by atoms with Gasteiger partial charge < -0.3 is 15.8 Å². The number of aromatic nitrogens is 2. The quantitative estimate of drug-likeness (QED) is 0.848. The van der Waals surface area contributed by atoms with Gasteiger partial charge in [0.05, 0.1) is 16.8 Å². The number of carbonyl (C=O) groups is 1. The zero-order valence-electron chi connectivity index (χ0n) is 12.5. The SMILES string of the molecule is CCNCc1c(C)nn(C)c1Oc1ccccc1C(N)=O. The lowest BCUT2D eigenvalue weighted by Crippen LogP contribution is -2.14. The lowest BCUT2D eigenvalue weighted by atomic mass is 10.2. The molecule has 1 aromatic carbocycles. The molecule has 2 aromatic rings. The lowest BCUT2D eigenvalue weighted by molar-refractivity contribution is 0.0998. The highest BCUT2D eigenvalue weighted by molar-refractivity contribution is 5.95. The first-order valence-corrected chi connectivity index (χ1v) is 6.84. The van der Waals surface area contributed by atoms with Gasteiger partial charge in [-0.1, -0.05) is 19.1 Å². The van der Waals surface area contributed by atoms with Crippen molar-refractivity contribution in [3.05, 3.63) is 41.1 Å². The molecule has 0 aliphatic heterocycles. The summed E-state index contributed by atoms with van der Waals surface area (Å²) in [5.74, 6) is 0.533. The van der Waals surface area contributed by atoms with E-state index in [9.17, 15) is 4.79 Å². The van der Waals surface area contributed by atoms with Crippen LogP contribution < -0.4 is 15.8 Å². The minimum Gasteiger partial charge on any atom is -0.438 e. The van der Waals surface area contributed by atoms with Crippen molar-refractivity contribution in [3.63, 3.8) is 0 Å². The van der Waals surface area contributed by atoms with Crippen LogP contribution in [0, 0.1) is 6.92 Å². The first kappa shape index (κ1) is 15.1. The second-order valence-electron chi connectivity index (χ2n) is 4.74. The summed E-state index contributed by atoms with van der Waals surface area (Å²) in [7, 11) is 1.81. The van der Waals surface area contributed by atoms with Gasteiger partial charge in [-0.2, -0.15) is 5.10 Å². The Labute approximate surface area is 123 Å². The van der Waals surface area contributed by atoms with E-state index in [0.29, 0.717) is 23.7 Å². The van der Waals surface area contributed by atoms with Gasteiger partial charge in [0.1, 0.15) is 5.75 Å². The standard InChI is InChI=1S/C15H20N4O2/c1-4-17-9-12-10(2)18-19(3)15(12)21-13-8-6-5-7-11(13)14(16)20/h5-8,17H,4,9H2,1-3H3,(H2,16,20). The molecular weight excluding hydrogens is 268 g/mol. The van der Waals surface area contributed by atoms with Gasteiger partial charge in [0.25, 0.3) is 5.91 Å². The summed E-state index contributed by atoms with van der Waals surface area (Å²) in [6.07, 6.45) is 0. The third-order valence-corrected chi connectivity index (χ3v) is 3.20. The van der Waals surface area contributed by atoms with Gasteiger partial charge in [0.15, 0.2) is 0 Å². The number of rotatable bonds is 6. The molecular formula is C15H20N4O2. The van der Waals surface area contributed by atoms with Crippen LogP contribution in [-0.4, -0.2) is 22.2 Å². The Morgan fingerprint density at radius 3 is 2.81 bits per heavy atom. The van der Waals surface area contributed by atoms with Crippen molar-refractivity contribution >= 4 is 5.91 Å². The van der Waals surface area contributed by atoms with E-state index in [1.54, 1.807) is 28.9 Å². The van der Waals surface area contributed by atoms with E-state index in [1.165, 1.54) is 0 Å². The third-order valence-electron chi connectivity index (χ3n) is 3.20. The van der Waals surface area contributed by atoms with Crippen LogP contribution in [0.1, 0.15) is 28.5 Å². The van der Waals surface area contributed by atoms with E-state index in [4.69, 9.17) is 10.5 Å². The second kappa shape index (κ2) is 6.41. The minimum atomic E-state index is -0.516. The highest BCUT2D eigenvalue weighted by atomic mass is 16.5. The van der Waals surface area contributed by atoms with Gasteiger partial charge in [-0.25, -0.2) is 4.68 Å². The van der Waals surface area contributed by atoms with Crippen LogP contribution in [-0.2, 0) is 13.6 Å². The van der Waals surface area contributed by atoms with Crippen molar-refractivity contribution in [2.75, 3.05) is 6.54 Å². The second-order valence-corrected chi connectivity index (χ2v) is 4.74. The van der Waals surface area contributed by atoms with Gasteiger partial charge in [0, 0.05) is 13.6 Å². The van der Waals surface area contributed by atoms with E-state index in [0.717, 1.165) is 17.8 Å². The maximum absolute atomic E-state index is 11.5. The van der Waals surface area contributed by atoms with Crippen molar-refractivity contribution in [1.82, 2.24) is 15.1 Å². The number of carbonyl (C=O) groups excluding carboxylic acids is 1. The maximum atomic E-state index is 11.5. The molecule has 6 nitrogen and oxygen atoms in total. The molecule has 0 atom stereocenters. The van der Waals surface area contributed by atoms with E-state index < -0.39 is 5.91 Å². The molecule has 0 unspecified atom stereocenters. The lowest BCUT2D eigenvalue weighted by Gasteiger charge is -2.11. The molecule has 0 spiro atoms. The average molecular weight is 288 g/mol. The molecule has 0 bridgehead atoms. The van der Waals surface area contributed by atoms with Crippen molar-refractivity contribution < 1.29 is 9.53 Å². The van der Waals surface area contributed by atoms with Gasteiger partial charge in [-0.05, 0) is 25.6 Å². The van der Waals surface area contributed by atoms with Crippen molar-refractivity contribution in [1.29, 1.82) is 0 Å². The number of benzene rings is 1. The summed E-state index contributed by atoms with van der Waals surface area (Å²) in [6, 6.07) is 6.92. The summed E-state index contributed by atoms with van der Waals surface area (Å²) in [6.45, 7) is 5.48. The predicted molar refractivity (Wildman–Crippen MR) is 80.4 cm³/mol. The number of para-hydroxylation sites is 1. The minimum absolute atomic E-state index is 0.353. The first-order valence-electron chi connectivity index (χ1n) is 6.84. The van der Waals surface area contributed by atoms with Crippen LogP contribution in [0.5, 0.6) is 11.6 Å². The number of primary amides is 1. The summed E-state index contributed by atoms with van der Waals surface area (Å²) < 4.78 is 7.58. The number of hydrogen-bond acceptors (Lipinski definition) is 4. The van der Waals surface area contributed by atoms with Gasteiger partial charge >= 0.3 is 0 Å². The highest BCUT2D eigenvalue weighted by Crippen LogP contribution is 2.29. The summed E-state index contributed by atoms with van der Waals surface area (Å²) in [5.41, 5.74) is 7.59. The zero-order valence-corrected chi connectivity index (χ0v) is 12.5. The molecule has 112 valence electrons. The van der Waals surface area contributed by atoms with Crippen LogP contribution in [0.2, 0.25) is 0 Å². The van der Waals surface area contributed by atoms with Gasteiger partial charge in [-0.15, -0.1) is 0 Å². The van der Waals surface area contributed by atoms with Crippen LogP contribution in [0.15, 0.2) is 24.3 Å². The van der Waals surface area contributed by atoms with Gasteiger partial charge in [0.2, 0.25) is 5.88 Å². The summed E-state index contributed by atoms with van der Waals surface area (Å²) in [4.78, 5) is 11.5. The van der Waals surface area contributed by atoms with Crippen molar-refractivity contribution in [2.24, 2.45) is 12.8 Å². The van der Waals surface area contributed by atoms with Crippen LogP contribution in [0.3, 0.4) is 0 Å². The first-order chi connectivity index (χ1) is 10.0. The molecule has 1 heterocycles. The molecule has 0 saturated heterocycles. The van der Waals surface area contributed by atoms with Crippen LogP contribution in [0.25, 0.3) is 0 Å².